The first-order chi connectivity index (χ1) is 14.9. The lowest BCUT2D eigenvalue weighted by Gasteiger charge is -2.34. The third-order valence-corrected chi connectivity index (χ3v) is 6.72. The van der Waals surface area contributed by atoms with E-state index in [0.29, 0.717) is 0 Å². The molecular weight excluding hydrogens is 388 g/mol. The van der Waals surface area contributed by atoms with Gasteiger partial charge < -0.3 is 26.7 Å². The molecule has 0 saturated carbocycles. The van der Waals surface area contributed by atoms with Crippen LogP contribution in [0.3, 0.4) is 0 Å². The zero-order chi connectivity index (χ0) is 21.6. The standard InChI is InChI=1S/C23H32N8/c1-23-14-27-20(11-16(23)13-30(2)29-23)19-12-26-22(31-9-7-18(25)8-10-31)28-21(19)15-3-5-17(24)6-4-15/h3,5-6,11-13,15,18,27,29H,4,7-10,14,24-25H2,1-2H3/t15?,23-/m0/s1. The van der Waals surface area contributed by atoms with E-state index in [4.69, 9.17) is 21.4 Å². The van der Waals surface area contributed by atoms with Crippen LogP contribution in [0.2, 0.25) is 0 Å². The molecule has 6 N–H and O–H groups in total. The number of anilines is 1. The van der Waals surface area contributed by atoms with Crippen molar-refractivity contribution in [1.82, 2.24) is 25.7 Å². The number of hydrogen-bond donors (Lipinski definition) is 4. The number of fused-ring (bicyclic) bond motifs is 1. The lowest BCUT2D eigenvalue weighted by molar-refractivity contribution is 0.262. The summed E-state index contributed by atoms with van der Waals surface area (Å²) in [6, 6.07) is 0.279. The van der Waals surface area contributed by atoms with Gasteiger partial charge in [-0.2, -0.15) is 0 Å². The minimum absolute atomic E-state index is 0.103. The molecule has 8 heteroatoms. The van der Waals surface area contributed by atoms with Crippen LogP contribution < -0.4 is 27.1 Å². The number of nitrogens with one attached hydrogen (secondary N) is 2. The second-order valence-corrected chi connectivity index (χ2v) is 9.25. The minimum atomic E-state index is -0.103. The fourth-order valence-corrected chi connectivity index (χ4v) is 4.79. The predicted molar refractivity (Wildman–Crippen MR) is 124 cm³/mol. The molecule has 1 fully saturated rings. The molecule has 5 rings (SSSR count). The molecule has 4 heterocycles. The molecule has 1 aromatic rings. The van der Waals surface area contributed by atoms with E-state index in [2.05, 4.69) is 47.0 Å². The monoisotopic (exact) mass is 420 g/mol. The van der Waals surface area contributed by atoms with Gasteiger partial charge in [-0.15, -0.1) is 0 Å². The Morgan fingerprint density at radius 3 is 2.81 bits per heavy atom. The van der Waals surface area contributed by atoms with Gasteiger partial charge in [-0.05, 0) is 43.9 Å². The first kappa shape index (κ1) is 20.1. The summed E-state index contributed by atoms with van der Waals surface area (Å²) in [5, 5.41) is 5.64. The lowest BCUT2D eigenvalue weighted by Crippen LogP contribution is -2.52. The highest BCUT2D eigenvalue weighted by Crippen LogP contribution is 2.35. The number of nitrogens with zero attached hydrogens (tertiary/aromatic N) is 4. The average molecular weight is 421 g/mol. The summed E-state index contributed by atoms with van der Waals surface area (Å²) >= 11 is 0. The fourth-order valence-electron chi connectivity index (χ4n) is 4.79. The number of aromatic nitrogens is 2. The molecule has 1 unspecified atom stereocenters. The van der Waals surface area contributed by atoms with Crippen LogP contribution in [-0.4, -0.2) is 53.2 Å². The quantitative estimate of drug-likeness (QED) is 0.580. The van der Waals surface area contributed by atoms with Crippen molar-refractivity contribution in [1.29, 1.82) is 0 Å². The Labute approximate surface area is 183 Å². The van der Waals surface area contributed by atoms with Gasteiger partial charge in [-0.25, -0.2) is 15.4 Å². The molecule has 0 radical (unpaired) electrons. The molecule has 4 aliphatic rings. The summed E-state index contributed by atoms with van der Waals surface area (Å²) in [6.07, 6.45) is 15.4. The van der Waals surface area contributed by atoms with E-state index in [1.165, 1.54) is 5.57 Å². The second-order valence-electron chi connectivity index (χ2n) is 9.25. The van der Waals surface area contributed by atoms with Crippen molar-refractivity contribution in [3.05, 3.63) is 59.2 Å². The number of allylic oxidation sites excluding steroid dienone is 3. The Kier molecular flexibility index (Phi) is 4.98. The average Bonchev–Trinajstić information content (AvgIpc) is 3.07. The molecule has 0 amide bonds. The van der Waals surface area contributed by atoms with Crippen LogP contribution >= 0.6 is 0 Å². The van der Waals surface area contributed by atoms with Crippen LogP contribution in [0, 0.1) is 0 Å². The van der Waals surface area contributed by atoms with Crippen LogP contribution in [0.4, 0.5) is 5.95 Å². The number of hydrogen-bond acceptors (Lipinski definition) is 8. The molecule has 8 nitrogen and oxygen atoms in total. The molecule has 1 aliphatic carbocycles. The first-order valence-electron chi connectivity index (χ1n) is 11.1. The molecule has 164 valence electrons. The molecule has 0 spiro atoms. The number of rotatable bonds is 3. The molecule has 0 aromatic carbocycles. The molecular formula is C23H32N8. The summed E-state index contributed by atoms with van der Waals surface area (Å²) in [5.74, 6) is 0.967. The van der Waals surface area contributed by atoms with Gasteiger partial charge in [-0.1, -0.05) is 12.2 Å². The van der Waals surface area contributed by atoms with Gasteiger partial charge in [0.2, 0.25) is 5.95 Å². The molecule has 31 heavy (non-hydrogen) atoms. The van der Waals surface area contributed by atoms with Crippen molar-refractivity contribution in [2.75, 3.05) is 31.6 Å². The van der Waals surface area contributed by atoms with Crippen LogP contribution in [0.15, 0.2) is 48.0 Å². The minimum Gasteiger partial charge on any atom is -0.399 e. The van der Waals surface area contributed by atoms with Crippen molar-refractivity contribution < 1.29 is 0 Å². The maximum Gasteiger partial charge on any atom is 0.225 e. The van der Waals surface area contributed by atoms with Crippen molar-refractivity contribution in [2.45, 2.75) is 43.7 Å². The predicted octanol–water partition coefficient (Wildman–Crippen LogP) is 1.33. The van der Waals surface area contributed by atoms with Crippen molar-refractivity contribution in [2.24, 2.45) is 11.5 Å². The first-order valence-corrected chi connectivity index (χ1v) is 11.1. The largest absolute Gasteiger partial charge is 0.399 e. The van der Waals surface area contributed by atoms with Crippen LogP contribution in [-0.2, 0) is 0 Å². The highest BCUT2D eigenvalue weighted by atomic mass is 15.5. The van der Waals surface area contributed by atoms with Gasteiger partial charge in [0.1, 0.15) is 0 Å². The highest BCUT2D eigenvalue weighted by molar-refractivity contribution is 5.72. The molecule has 2 atom stereocenters. The van der Waals surface area contributed by atoms with Gasteiger partial charge >= 0.3 is 0 Å². The van der Waals surface area contributed by atoms with Crippen molar-refractivity contribution in [3.63, 3.8) is 0 Å². The smallest absolute Gasteiger partial charge is 0.225 e. The zero-order valence-electron chi connectivity index (χ0n) is 18.3. The molecule has 0 bridgehead atoms. The van der Waals surface area contributed by atoms with E-state index in [0.717, 1.165) is 67.5 Å². The topological polar surface area (TPSA) is 108 Å². The Hall–Kier alpha value is -2.84. The normalized spacial score (nSPS) is 28.6. The summed E-state index contributed by atoms with van der Waals surface area (Å²) in [4.78, 5) is 12.1. The zero-order valence-corrected chi connectivity index (χ0v) is 18.3. The van der Waals surface area contributed by atoms with E-state index < -0.39 is 0 Å². The van der Waals surface area contributed by atoms with E-state index in [1.54, 1.807) is 0 Å². The second kappa shape index (κ2) is 7.69. The summed E-state index contributed by atoms with van der Waals surface area (Å²) in [5.41, 5.74) is 20.7. The highest BCUT2D eigenvalue weighted by Gasteiger charge is 2.37. The Balaban J connectivity index is 1.52. The van der Waals surface area contributed by atoms with Gasteiger partial charge in [-0.3, -0.25) is 0 Å². The Morgan fingerprint density at radius 2 is 2.06 bits per heavy atom. The summed E-state index contributed by atoms with van der Waals surface area (Å²) in [7, 11) is 2.03. The number of hydrazine groups is 1. The van der Waals surface area contributed by atoms with Gasteiger partial charge in [0, 0.05) is 68.0 Å². The SMILES string of the molecule is CN1C=C2C=C(c3cnc(N4CCC(N)CC4)nc3C3C=CC(N)=CC3)NC[C@]2(C)N1. The summed E-state index contributed by atoms with van der Waals surface area (Å²) in [6.45, 7) is 4.81. The van der Waals surface area contributed by atoms with Crippen LogP contribution in [0.5, 0.6) is 0 Å². The number of piperidine rings is 1. The Morgan fingerprint density at radius 1 is 1.26 bits per heavy atom. The van der Waals surface area contributed by atoms with Gasteiger partial charge in [0.15, 0.2) is 0 Å². The van der Waals surface area contributed by atoms with E-state index >= 15 is 0 Å². The third kappa shape index (κ3) is 3.81. The van der Waals surface area contributed by atoms with Crippen molar-refractivity contribution >= 4 is 11.6 Å². The fraction of sp³-hybridized carbons (Fsp3) is 0.478. The third-order valence-electron chi connectivity index (χ3n) is 6.72. The van der Waals surface area contributed by atoms with E-state index in [-0.39, 0.29) is 17.5 Å². The number of nitrogens with two attached hydrogens (primary N) is 2. The maximum atomic E-state index is 6.09. The lowest BCUT2D eigenvalue weighted by atomic mass is 9.87. The van der Waals surface area contributed by atoms with Crippen LogP contribution in [0.1, 0.15) is 43.4 Å². The summed E-state index contributed by atoms with van der Waals surface area (Å²) < 4.78 is 0. The molecule has 1 aromatic heterocycles. The Bertz CT molecular complexity index is 985. The van der Waals surface area contributed by atoms with E-state index in [9.17, 15) is 0 Å². The van der Waals surface area contributed by atoms with Crippen molar-refractivity contribution in [3.8, 4) is 0 Å². The van der Waals surface area contributed by atoms with Crippen LogP contribution in [0.25, 0.3) is 5.70 Å². The molecule has 1 saturated heterocycles. The van der Waals surface area contributed by atoms with Gasteiger partial charge in [0.25, 0.3) is 0 Å². The molecule has 3 aliphatic heterocycles. The van der Waals surface area contributed by atoms with E-state index in [1.807, 2.05) is 24.3 Å². The van der Waals surface area contributed by atoms with Gasteiger partial charge in [0.05, 0.1) is 11.2 Å². The maximum absolute atomic E-state index is 6.09.